The smallest absolute Gasteiger partial charge is 0.410 e. The van der Waals surface area contributed by atoms with Crippen molar-refractivity contribution in [2.75, 3.05) is 33.8 Å². The Bertz CT molecular complexity index is 426. The molecule has 0 N–H and O–H groups in total. The topological polar surface area (TPSA) is 42.0 Å². The molecule has 0 atom stereocenters. The highest BCUT2D eigenvalue weighted by Crippen LogP contribution is 2.25. The van der Waals surface area contributed by atoms with Gasteiger partial charge in [0.05, 0.1) is 6.10 Å². The summed E-state index contributed by atoms with van der Waals surface area (Å²) in [7, 11) is 3.99. The van der Waals surface area contributed by atoms with Crippen LogP contribution in [0.4, 0.5) is 4.79 Å². The fourth-order valence-corrected chi connectivity index (χ4v) is 3.48. The summed E-state index contributed by atoms with van der Waals surface area (Å²) in [6, 6.07) is 0.271. The van der Waals surface area contributed by atoms with Gasteiger partial charge in [0.15, 0.2) is 0 Å². The molecule has 0 aliphatic heterocycles. The lowest BCUT2D eigenvalue weighted by molar-refractivity contribution is -0.00583. The first-order valence-electron chi connectivity index (χ1n) is 10.6. The SMILES string of the molecule is C=CCN(C)CCCCCCOC1CCC(N(C)C(=O)OC(C)(C)C)CC1. The Labute approximate surface area is 167 Å². The Balaban J connectivity index is 2.08. The van der Waals surface area contributed by atoms with Gasteiger partial charge in [-0.1, -0.05) is 18.9 Å². The molecule has 0 heterocycles. The molecular weight excluding hydrogens is 340 g/mol. The monoisotopic (exact) mass is 382 g/mol. The second-order valence-corrected chi connectivity index (χ2v) is 8.86. The molecule has 1 aliphatic carbocycles. The molecule has 1 aliphatic rings. The molecule has 1 rings (SSSR count). The molecule has 5 heteroatoms. The molecule has 1 amide bonds. The van der Waals surface area contributed by atoms with Crippen LogP contribution < -0.4 is 0 Å². The number of amides is 1. The highest BCUT2D eigenvalue weighted by Gasteiger charge is 2.29. The maximum Gasteiger partial charge on any atom is 0.410 e. The van der Waals surface area contributed by atoms with E-state index in [0.29, 0.717) is 6.10 Å². The molecule has 0 aromatic carbocycles. The fraction of sp³-hybridized carbons (Fsp3) is 0.864. The van der Waals surface area contributed by atoms with Crippen molar-refractivity contribution in [3.63, 3.8) is 0 Å². The third-order valence-corrected chi connectivity index (χ3v) is 5.10. The lowest BCUT2D eigenvalue weighted by Gasteiger charge is -2.35. The minimum absolute atomic E-state index is 0.217. The van der Waals surface area contributed by atoms with Crippen LogP contribution in [0.1, 0.15) is 72.1 Å². The third kappa shape index (κ3) is 10.7. The molecule has 1 saturated carbocycles. The Hall–Kier alpha value is -1.07. The van der Waals surface area contributed by atoms with Gasteiger partial charge < -0.3 is 19.3 Å². The third-order valence-electron chi connectivity index (χ3n) is 5.10. The van der Waals surface area contributed by atoms with Gasteiger partial charge in [0.1, 0.15) is 5.60 Å². The Morgan fingerprint density at radius 2 is 1.70 bits per heavy atom. The summed E-state index contributed by atoms with van der Waals surface area (Å²) < 4.78 is 11.5. The molecule has 0 aromatic heterocycles. The van der Waals surface area contributed by atoms with E-state index in [4.69, 9.17) is 9.47 Å². The van der Waals surface area contributed by atoms with Gasteiger partial charge in [-0.25, -0.2) is 4.79 Å². The van der Waals surface area contributed by atoms with Crippen LogP contribution in [0.15, 0.2) is 12.7 Å². The molecule has 5 nitrogen and oxygen atoms in total. The Kier molecular flexibility index (Phi) is 11.0. The van der Waals surface area contributed by atoms with Crippen molar-refractivity contribution in [3.05, 3.63) is 12.7 Å². The van der Waals surface area contributed by atoms with Gasteiger partial charge in [0.2, 0.25) is 0 Å². The number of unbranched alkanes of at least 4 members (excludes halogenated alkanes) is 3. The van der Waals surface area contributed by atoms with E-state index in [1.165, 1.54) is 19.3 Å². The maximum atomic E-state index is 12.2. The second-order valence-electron chi connectivity index (χ2n) is 8.86. The summed E-state index contributed by atoms with van der Waals surface area (Å²) in [6.45, 7) is 12.5. The van der Waals surface area contributed by atoms with E-state index in [-0.39, 0.29) is 12.1 Å². The maximum absolute atomic E-state index is 12.2. The normalized spacial score (nSPS) is 20.5. The zero-order chi connectivity index (χ0) is 20.3. The van der Waals surface area contributed by atoms with Crippen LogP contribution in [0.3, 0.4) is 0 Å². The van der Waals surface area contributed by atoms with Crippen molar-refractivity contribution in [3.8, 4) is 0 Å². The molecule has 0 saturated heterocycles. The van der Waals surface area contributed by atoms with Gasteiger partial charge in [0, 0.05) is 26.2 Å². The van der Waals surface area contributed by atoms with Gasteiger partial charge >= 0.3 is 6.09 Å². The molecule has 0 radical (unpaired) electrons. The predicted octanol–water partition coefficient (Wildman–Crippen LogP) is 4.86. The van der Waals surface area contributed by atoms with Gasteiger partial charge in [-0.3, -0.25) is 0 Å². The molecule has 0 aromatic rings. The van der Waals surface area contributed by atoms with Crippen LogP contribution in [-0.2, 0) is 9.47 Å². The van der Waals surface area contributed by atoms with Crippen molar-refractivity contribution in [2.24, 2.45) is 0 Å². The van der Waals surface area contributed by atoms with E-state index in [1.54, 1.807) is 4.90 Å². The van der Waals surface area contributed by atoms with Crippen LogP contribution >= 0.6 is 0 Å². The van der Waals surface area contributed by atoms with Crippen LogP contribution in [0, 0.1) is 0 Å². The average Bonchev–Trinajstić information content (AvgIpc) is 2.59. The summed E-state index contributed by atoms with van der Waals surface area (Å²) >= 11 is 0. The molecule has 1 fully saturated rings. The first-order chi connectivity index (χ1) is 12.7. The number of likely N-dealkylation sites (N-methyl/N-ethyl adjacent to an activating group) is 1. The predicted molar refractivity (Wildman–Crippen MR) is 112 cm³/mol. The number of hydrogen-bond donors (Lipinski definition) is 0. The Morgan fingerprint density at radius 1 is 1.07 bits per heavy atom. The van der Waals surface area contributed by atoms with Crippen molar-refractivity contribution in [2.45, 2.75) is 89.9 Å². The van der Waals surface area contributed by atoms with Crippen molar-refractivity contribution in [1.29, 1.82) is 0 Å². The first-order valence-corrected chi connectivity index (χ1v) is 10.6. The molecule has 0 spiro atoms. The molecular formula is C22H42N2O3. The van der Waals surface area contributed by atoms with Gasteiger partial charge in [-0.2, -0.15) is 0 Å². The fourth-order valence-electron chi connectivity index (χ4n) is 3.48. The van der Waals surface area contributed by atoms with Crippen LogP contribution in [-0.4, -0.2) is 67.4 Å². The van der Waals surface area contributed by atoms with Gasteiger partial charge in [0.25, 0.3) is 0 Å². The second kappa shape index (κ2) is 12.4. The number of carbonyl (C=O) groups is 1. The van der Waals surface area contributed by atoms with Crippen LogP contribution in [0.25, 0.3) is 0 Å². The summed E-state index contributed by atoms with van der Waals surface area (Å²) in [6.07, 6.45) is 11.0. The minimum atomic E-state index is -0.438. The van der Waals surface area contributed by atoms with Crippen molar-refractivity contribution in [1.82, 2.24) is 9.80 Å². The van der Waals surface area contributed by atoms with E-state index < -0.39 is 5.60 Å². The molecule has 158 valence electrons. The first kappa shape index (κ1) is 24.0. The molecule has 0 bridgehead atoms. The number of nitrogens with zero attached hydrogens (tertiary/aromatic N) is 2. The van der Waals surface area contributed by atoms with Crippen molar-refractivity contribution >= 4 is 6.09 Å². The van der Waals surface area contributed by atoms with Crippen LogP contribution in [0.5, 0.6) is 0 Å². The highest BCUT2D eigenvalue weighted by atomic mass is 16.6. The summed E-state index contributed by atoms with van der Waals surface area (Å²) in [5, 5.41) is 0. The van der Waals surface area contributed by atoms with Gasteiger partial charge in [-0.15, -0.1) is 6.58 Å². The lowest BCUT2D eigenvalue weighted by atomic mass is 9.92. The molecule has 27 heavy (non-hydrogen) atoms. The van der Waals surface area contributed by atoms with Crippen molar-refractivity contribution < 1.29 is 14.3 Å². The summed E-state index contributed by atoms with van der Waals surface area (Å²) in [5.41, 5.74) is -0.438. The standard InChI is InChI=1S/C22H42N2O3/c1-7-16-23(5)17-10-8-9-11-18-26-20-14-12-19(13-15-20)24(6)21(25)27-22(2,3)4/h7,19-20H,1,8-18H2,2-6H3. The van der Waals surface area contributed by atoms with E-state index in [0.717, 1.165) is 51.8 Å². The van der Waals surface area contributed by atoms with Gasteiger partial charge in [-0.05, 0) is 72.9 Å². The zero-order valence-corrected chi connectivity index (χ0v) is 18.3. The molecule has 0 unspecified atom stereocenters. The average molecular weight is 383 g/mol. The zero-order valence-electron chi connectivity index (χ0n) is 18.3. The highest BCUT2D eigenvalue weighted by molar-refractivity contribution is 5.68. The summed E-state index contributed by atoms with van der Waals surface area (Å²) in [4.78, 5) is 16.3. The summed E-state index contributed by atoms with van der Waals surface area (Å²) in [5.74, 6) is 0. The minimum Gasteiger partial charge on any atom is -0.444 e. The largest absolute Gasteiger partial charge is 0.444 e. The number of carbonyl (C=O) groups excluding carboxylic acids is 1. The van der Waals surface area contributed by atoms with E-state index >= 15 is 0 Å². The van der Waals surface area contributed by atoms with Crippen LogP contribution in [0.2, 0.25) is 0 Å². The number of ether oxygens (including phenoxy) is 2. The van der Waals surface area contributed by atoms with E-state index in [9.17, 15) is 4.79 Å². The van der Waals surface area contributed by atoms with E-state index in [2.05, 4.69) is 18.5 Å². The number of hydrogen-bond acceptors (Lipinski definition) is 4. The quantitative estimate of drug-likeness (QED) is 0.378. The van der Waals surface area contributed by atoms with E-state index in [1.807, 2.05) is 33.9 Å². The number of rotatable bonds is 11. The lowest BCUT2D eigenvalue weighted by Crippen LogP contribution is -2.43. The Morgan fingerprint density at radius 3 is 2.30 bits per heavy atom.